The quantitative estimate of drug-likeness (QED) is 0.674. The van der Waals surface area contributed by atoms with Gasteiger partial charge in [0, 0.05) is 0 Å². The molecule has 114 valence electrons. The Bertz CT molecular complexity index is 578. The summed E-state index contributed by atoms with van der Waals surface area (Å²) in [6, 6.07) is 5.98. The SMILES string of the molecule is CC(C)(C)c1ccc(C2(C)NC(=O)N(C(F)F)C2=O)cc1. The molecule has 1 heterocycles. The van der Waals surface area contributed by atoms with Gasteiger partial charge < -0.3 is 5.32 Å². The Morgan fingerprint density at radius 3 is 2.05 bits per heavy atom. The molecule has 6 heteroatoms. The van der Waals surface area contributed by atoms with Gasteiger partial charge in [-0.1, -0.05) is 45.0 Å². The summed E-state index contributed by atoms with van der Waals surface area (Å²) >= 11 is 0. The number of benzene rings is 1. The average Bonchev–Trinajstić information content (AvgIpc) is 2.60. The van der Waals surface area contributed by atoms with E-state index in [2.05, 4.69) is 5.32 Å². The van der Waals surface area contributed by atoms with Crippen molar-refractivity contribution in [1.82, 2.24) is 10.2 Å². The number of imide groups is 1. The number of carbonyl (C=O) groups excluding carboxylic acids is 2. The van der Waals surface area contributed by atoms with Gasteiger partial charge >= 0.3 is 12.6 Å². The highest BCUT2D eigenvalue weighted by Crippen LogP contribution is 2.32. The fourth-order valence-corrected chi connectivity index (χ4v) is 2.34. The summed E-state index contributed by atoms with van der Waals surface area (Å²) in [5.74, 6) is -0.939. The van der Waals surface area contributed by atoms with Crippen LogP contribution in [0.2, 0.25) is 0 Å². The maximum Gasteiger partial charge on any atom is 0.329 e. The molecule has 1 atom stereocenters. The first-order chi connectivity index (χ1) is 9.57. The molecule has 0 bridgehead atoms. The minimum absolute atomic E-state index is 0.0440. The third-order valence-corrected chi connectivity index (χ3v) is 3.75. The second-order valence-corrected chi connectivity index (χ2v) is 6.34. The molecular formula is C15H18F2N2O2. The molecule has 3 amide bonds. The lowest BCUT2D eigenvalue weighted by molar-refractivity contribution is -0.139. The summed E-state index contributed by atoms with van der Waals surface area (Å²) in [5.41, 5.74) is 0.0238. The summed E-state index contributed by atoms with van der Waals surface area (Å²) in [5, 5.41) is 2.34. The van der Waals surface area contributed by atoms with Crippen molar-refractivity contribution < 1.29 is 18.4 Å². The maximum absolute atomic E-state index is 12.8. The molecule has 0 saturated carbocycles. The molecule has 1 aliphatic heterocycles. The van der Waals surface area contributed by atoms with Crippen molar-refractivity contribution in [3.8, 4) is 0 Å². The Morgan fingerprint density at radius 2 is 1.67 bits per heavy atom. The van der Waals surface area contributed by atoms with Crippen molar-refractivity contribution in [2.24, 2.45) is 0 Å². The van der Waals surface area contributed by atoms with Crippen LogP contribution in [0.25, 0.3) is 0 Å². The van der Waals surface area contributed by atoms with Crippen LogP contribution in [0.1, 0.15) is 38.8 Å². The molecule has 1 aromatic rings. The van der Waals surface area contributed by atoms with Gasteiger partial charge in [-0.3, -0.25) is 4.79 Å². The predicted molar refractivity (Wildman–Crippen MR) is 73.9 cm³/mol. The van der Waals surface area contributed by atoms with Crippen molar-refractivity contribution in [2.45, 2.75) is 45.2 Å². The molecular weight excluding hydrogens is 278 g/mol. The largest absolute Gasteiger partial charge is 0.329 e. The van der Waals surface area contributed by atoms with Crippen LogP contribution in [-0.4, -0.2) is 23.4 Å². The van der Waals surface area contributed by atoms with Crippen LogP contribution in [0.3, 0.4) is 0 Å². The molecule has 1 N–H and O–H groups in total. The van der Waals surface area contributed by atoms with Gasteiger partial charge in [-0.15, -0.1) is 0 Å². The number of urea groups is 1. The van der Waals surface area contributed by atoms with Crippen molar-refractivity contribution >= 4 is 11.9 Å². The van der Waals surface area contributed by atoms with Gasteiger partial charge in [0.1, 0.15) is 5.54 Å². The number of rotatable bonds is 2. The smallest absolute Gasteiger partial charge is 0.319 e. The lowest BCUT2D eigenvalue weighted by Crippen LogP contribution is -2.41. The summed E-state index contributed by atoms with van der Waals surface area (Å²) < 4.78 is 25.5. The summed E-state index contributed by atoms with van der Waals surface area (Å²) in [7, 11) is 0. The van der Waals surface area contributed by atoms with Gasteiger partial charge in [0.05, 0.1) is 0 Å². The third-order valence-electron chi connectivity index (χ3n) is 3.75. The highest BCUT2D eigenvalue weighted by atomic mass is 19.3. The van der Waals surface area contributed by atoms with E-state index in [1.54, 1.807) is 12.1 Å². The number of hydrogen-bond acceptors (Lipinski definition) is 2. The molecule has 2 rings (SSSR count). The monoisotopic (exact) mass is 296 g/mol. The molecule has 1 aromatic carbocycles. The van der Waals surface area contributed by atoms with Gasteiger partial charge in [-0.25, -0.2) is 9.69 Å². The van der Waals surface area contributed by atoms with Crippen LogP contribution in [0.15, 0.2) is 24.3 Å². The van der Waals surface area contributed by atoms with E-state index in [4.69, 9.17) is 0 Å². The van der Waals surface area contributed by atoms with Crippen LogP contribution in [0.4, 0.5) is 13.6 Å². The number of nitrogens with zero attached hydrogens (tertiary/aromatic N) is 1. The average molecular weight is 296 g/mol. The Labute approximate surface area is 122 Å². The van der Waals surface area contributed by atoms with E-state index in [1.165, 1.54) is 6.92 Å². The highest BCUT2D eigenvalue weighted by molar-refractivity contribution is 6.07. The normalized spacial score (nSPS) is 22.9. The van der Waals surface area contributed by atoms with E-state index in [0.29, 0.717) is 5.56 Å². The van der Waals surface area contributed by atoms with Crippen molar-refractivity contribution in [3.05, 3.63) is 35.4 Å². The molecule has 1 saturated heterocycles. The molecule has 1 unspecified atom stereocenters. The lowest BCUT2D eigenvalue weighted by atomic mass is 9.84. The minimum atomic E-state index is -3.15. The minimum Gasteiger partial charge on any atom is -0.319 e. The zero-order chi connectivity index (χ0) is 16.0. The Morgan fingerprint density at radius 1 is 1.14 bits per heavy atom. The van der Waals surface area contributed by atoms with Gasteiger partial charge in [-0.2, -0.15) is 8.78 Å². The summed E-state index contributed by atoms with van der Waals surface area (Å²) in [6.45, 7) is 4.43. The number of alkyl halides is 2. The Hall–Kier alpha value is -1.98. The summed E-state index contributed by atoms with van der Waals surface area (Å²) in [4.78, 5) is 23.6. The fourth-order valence-electron chi connectivity index (χ4n) is 2.34. The number of hydrogen-bond donors (Lipinski definition) is 1. The number of halogens is 2. The third kappa shape index (κ3) is 2.50. The molecule has 1 aliphatic rings. The van der Waals surface area contributed by atoms with Crippen molar-refractivity contribution in [2.75, 3.05) is 0 Å². The number of amides is 3. The second kappa shape index (κ2) is 4.79. The molecule has 0 aromatic heterocycles. The van der Waals surface area contributed by atoms with E-state index in [1.807, 2.05) is 32.9 Å². The lowest BCUT2D eigenvalue weighted by Gasteiger charge is -2.24. The van der Waals surface area contributed by atoms with Gasteiger partial charge in [0.2, 0.25) is 0 Å². The van der Waals surface area contributed by atoms with Crippen LogP contribution in [0.5, 0.6) is 0 Å². The van der Waals surface area contributed by atoms with Crippen molar-refractivity contribution in [1.29, 1.82) is 0 Å². The van der Waals surface area contributed by atoms with Crippen LogP contribution in [-0.2, 0) is 15.7 Å². The van der Waals surface area contributed by atoms with E-state index in [-0.39, 0.29) is 10.3 Å². The molecule has 0 radical (unpaired) electrons. The molecule has 0 spiro atoms. The number of nitrogens with one attached hydrogen (secondary N) is 1. The van der Waals surface area contributed by atoms with Crippen LogP contribution in [0, 0.1) is 0 Å². The molecule has 0 aliphatic carbocycles. The van der Waals surface area contributed by atoms with Gasteiger partial charge in [0.15, 0.2) is 0 Å². The van der Waals surface area contributed by atoms with Crippen LogP contribution < -0.4 is 5.32 Å². The van der Waals surface area contributed by atoms with E-state index >= 15 is 0 Å². The molecule has 1 fully saturated rings. The van der Waals surface area contributed by atoms with Crippen LogP contribution >= 0.6 is 0 Å². The first-order valence-corrected chi connectivity index (χ1v) is 6.62. The van der Waals surface area contributed by atoms with E-state index in [9.17, 15) is 18.4 Å². The standard InChI is InChI=1S/C15H18F2N2O2/c1-14(2,3)9-5-7-10(8-6-9)15(4)11(20)19(12(16)17)13(21)18-15/h5-8,12H,1-4H3,(H,18,21). The maximum atomic E-state index is 12.8. The summed E-state index contributed by atoms with van der Waals surface area (Å²) in [6.07, 6.45) is 0. The Balaban J connectivity index is 2.38. The fraction of sp³-hybridized carbons (Fsp3) is 0.467. The van der Waals surface area contributed by atoms with Gasteiger partial charge in [-0.05, 0) is 23.5 Å². The predicted octanol–water partition coefficient (Wildman–Crippen LogP) is 2.97. The topological polar surface area (TPSA) is 49.4 Å². The van der Waals surface area contributed by atoms with Crippen molar-refractivity contribution in [3.63, 3.8) is 0 Å². The molecule has 21 heavy (non-hydrogen) atoms. The zero-order valence-corrected chi connectivity index (χ0v) is 12.4. The molecule has 4 nitrogen and oxygen atoms in total. The first-order valence-electron chi connectivity index (χ1n) is 6.62. The zero-order valence-electron chi connectivity index (χ0n) is 12.4. The second-order valence-electron chi connectivity index (χ2n) is 6.34. The first kappa shape index (κ1) is 15.4. The Kier molecular flexibility index (Phi) is 3.51. The van der Waals surface area contributed by atoms with Gasteiger partial charge in [0.25, 0.3) is 5.91 Å². The van der Waals surface area contributed by atoms with E-state index < -0.39 is 24.0 Å². The van der Waals surface area contributed by atoms with E-state index in [0.717, 1.165) is 5.56 Å². The number of carbonyl (C=O) groups is 2. The highest BCUT2D eigenvalue weighted by Gasteiger charge is 2.52.